The van der Waals surface area contributed by atoms with E-state index in [1.165, 1.54) is 24.0 Å². The van der Waals surface area contributed by atoms with Crippen LogP contribution in [0, 0.1) is 17.0 Å². The first kappa shape index (κ1) is 27.6. The molecule has 0 spiro atoms. The van der Waals surface area contributed by atoms with Crippen molar-refractivity contribution in [3.05, 3.63) is 64.8 Å². The van der Waals surface area contributed by atoms with Crippen molar-refractivity contribution in [3.8, 4) is 5.75 Å². The molecule has 37 heavy (non-hydrogen) atoms. The molecular formula is C27H29ClF2N2O4S. The van der Waals surface area contributed by atoms with Crippen molar-refractivity contribution in [2.45, 2.75) is 36.7 Å². The fourth-order valence-electron chi connectivity index (χ4n) is 4.84. The van der Waals surface area contributed by atoms with E-state index in [9.17, 15) is 23.8 Å². The number of fused-ring (bicyclic) bond motifs is 1. The maximum atomic E-state index is 13.8. The van der Waals surface area contributed by atoms with Crippen LogP contribution < -0.4 is 4.74 Å². The van der Waals surface area contributed by atoms with Crippen LogP contribution >= 0.6 is 23.4 Å². The summed E-state index contributed by atoms with van der Waals surface area (Å²) in [5.74, 6) is -0.624. The molecule has 1 fully saturated rings. The fourth-order valence-corrected chi connectivity index (χ4v) is 6.09. The molecule has 198 valence electrons. The summed E-state index contributed by atoms with van der Waals surface area (Å²) >= 11 is 7.66. The molecule has 0 amide bonds. The highest BCUT2D eigenvalue weighted by molar-refractivity contribution is 7.99. The molecular weight excluding hydrogens is 522 g/mol. The van der Waals surface area contributed by atoms with Crippen molar-refractivity contribution < 1.29 is 28.5 Å². The Morgan fingerprint density at radius 3 is 2.70 bits per heavy atom. The van der Waals surface area contributed by atoms with Crippen molar-refractivity contribution in [3.63, 3.8) is 0 Å². The SMILES string of the molecule is COc1ccc2ncc(Cl)c([C@@H](O)CCC3(C(=O)O)CCN(CCSc4cc(F)ccc4F)CC3)c2c1. The summed E-state index contributed by atoms with van der Waals surface area (Å²) in [5.41, 5.74) is 0.230. The van der Waals surface area contributed by atoms with Crippen LogP contribution in [0.5, 0.6) is 5.75 Å². The summed E-state index contributed by atoms with van der Waals surface area (Å²) in [6.45, 7) is 1.79. The zero-order valence-electron chi connectivity index (χ0n) is 20.4. The number of methoxy groups -OCH3 is 1. The summed E-state index contributed by atoms with van der Waals surface area (Å²) in [6.07, 6.45) is 1.94. The molecule has 3 aromatic rings. The number of hydrogen-bond donors (Lipinski definition) is 2. The van der Waals surface area contributed by atoms with Crippen LogP contribution in [-0.4, -0.2) is 58.6 Å². The van der Waals surface area contributed by atoms with Crippen LogP contribution in [0.4, 0.5) is 8.78 Å². The van der Waals surface area contributed by atoms with Gasteiger partial charge >= 0.3 is 5.97 Å². The van der Waals surface area contributed by atoms with E-state index in [0.717, 1.165) is 12.1 Å². The molecule has 0 radical (unpaired) electrons. The highest BCUT2D eigenvalue weighted by atomic mass is 35.5. The Morgan fingerprint density at radius 2 is 2.00 bits per heavy atom. The van der Waals surface area contributed by atoms with E-state index >= 15 is 0 Å². The molecule has 4 rings (SSSR count). The number of nitrogens with zero attached hydrogens (tertiary/aromatic N) is 2. The lowest BCUT2D eigenvalue weighted by Crippen LogP contribution is -2.45. The predicted octanol–water partition coefficient (Wildman–Crippen LogP) is 5.95. The Morgan fingerprint density at radius 1 is 1.24 bits per heavy atom. The van der Waals surface area contributed by atoms with Crippen LogP contribution in [0.1, 0.15) is 37.4 Å². The van der Waals surface area contributed by atoms with Crippen molar-refractivity contribution in [1.29, 1.82) is 0 Å². The summed E-state index contributed by atoms with van der Waals surface area (Å²) in [4.78, 5) is 19.1. The Balaban J connectivity index is 1.37. The Labute approximate surface area is 223 Å². The van der Waals surface area contributed by atoms with Gasteiger partial charge in [-0.25, -0.2) is 8.78 Å². The molecule has 1 aromatic heterocycles. The average Bonchev–Trinajstić information content (AvgIpc) is 2.89. The van der Waals surface area contributed by atoms with Gasteiger partial charge in [0.2, 0.25) is 0 Å². The second kappa shape index (κ2) is 11.9. The van der Waals surface area contributed by atoms with Gasteiger partial charge in [0.15, 0.2) is 0 Å². The largest absolute Gasteiger partial charge is 0.497 e. The van der Waals surface area contributed by atoms with Gasteiger partial charge in [0.25, 0.3) is 0 Å². The molecule has 1 atom stereocenters. The lowest BCUT2D eigenvalue weighted by atomic mass is 9.74. The highest BCUT2D eigenvalue weighted by Crippen LogP contribution is 2.41. The molecule has 1 saturated heterocycles. The number of piperidine rings is 1. The van der Waals surface area contributed by atoms with Crippen LogP contribution in [0.2, 0.25) is 5.02 Å². The van der Waals surface area contributed by atoms with Crippen LogP contribution in [-0.2, 0) is 4.79 Å². The summed E-state index contributed by atoms with van der Waals surface area (Å²) in [7, 11) is 1.55. The number of aliphatic hydroxyl groups is 1. The predicted molar refractivity (Wildman–Crippen MR) is 140 cm³/mol. The summed E-state index contributed by atoms with van der Waals surface area (Å²) in [5, 5.41) is 22.2. The van der Waals surface area contributed by atoms with E-state index in [1.54, 1.807) is 25.3 Å². The molecule has 2 aromatic carbocycles. The lowest BCUT2D eigenvalue weighted by molar-refractivity contribution is -0.153. The topological polar surface area (TPSA) is 82.9 Å². The number of aliphatic hydroxyl groups excluding tert-OH is 1. The smallest absolute Gasteiger partial charge is 0.309 e. The van der Waals surface area contributed by atoms with Gasteiger partial charge in [0, 0.05) is 34.3 Å². The zero-order chi connectivity index (χ0) is 26.6. The third-order valence-electron chi connectivity index (χ3n) is 7.12. The van der Waals surface area contributed by atoms with E-state index < -0.39 is 29.1 Å². The first-order valence-corrected chi connectivity index (χ1v) is 13.4. The van der Waals surface area contributed by atoms with Gasteiger partial charge in [0.05, 0.1) is 29.2 Å². The van der Waals surface area contributed by atoms with Gasteiger partial charge in [-0.1, -0.05) is 11.6 Å². The van der Waals surface area contributed by atoms with Crippen LogP contribution in [0.25, 0.3) is 10.9 Å². The minimum absolute atomic E-state index is 0.233. The minimum Gasteiger partial charge on any atom is -0.497 e. The molecule has 2 heterocycles. The number of carbonyl (C=O) groups is 1. The van der Waals surface area contributed by atoms with Gasteiger partial charge in [-0.2, -0.15) is 0 Å². The number of rotatable bonds is 10. The number of carboxylic acids is 1. The number of carboxylic acid groups (broad SMARTS) is 1. The van der Waals surface area contributed by atoms with Gasteiger partial charge in [-0.3, -0.25) is 9.78 Å². The lowest BCUT2D eigenvalue weighted by Gasteiger charge is -2.39. The van der Waals surface area contributed by atoms with Crippen molar-refractivity contribution in [1.82, 2.24) is 9.88 Å². The number of pyridine rings is 1. The number of ether oxygens (including phenoxy) is 1. The van der Waals surface area contributed by atoms with Crippen molar-refractivity contribution in [2.24, 2.45) is 5.41 Å². The standard InChI is InChI=1S/C27H29ClF2N2O4S/c1-36-18-3-5-22-19(15-18)25(20(28)16-31-22)23(33)6-7-27(26(34)35)8-10-32(11-9-27)12-13-37-24-14-17(29)2-4-21(24)30/h2-5,14-16,23,33H,6-13H2,1H3,(H,34,35)/t23-/m0/s1. The number of halogens is 3. The molecule has 0 bridgehead atoms. The minimum atomic E-state index is -0.961. The normalized spacial score (nSPS) is 16.6. The molecule has 10 heteroatoms. The van der Waals surface area contributed by atoms with Gasteiger partial charge < -0.3 is 19.8 Å². The number of hydrogen-bond acceptors (Lipinski definition) is 6. The highest BCUT2D eigenvalue weighted by Gasteiger charge is 2.41. The molecule has 6 nitrogen and oxygen atoms in total. The van der Waals surface area contributed by atoms with Crippen molar-refractivity contribution >= 4 is 40.2 Å². The monoisotopic (exact) mass is 550 g/mol. The number of thioether (sulfide) groups is 1. The Kier molecular flexibility index (Phi) is 8.90. The van der Waals surface area contributed by atoms with Gasteiger partial charge in [-0.05, 0) is 75.2 Å². The average molecular weight is 551 g/mol. The summed E-state index contributed by atoms with van der Waals surface area (Å²) in [6, 6.07) is 8.73. The third-order valence-corrected chi connectivity index (χ3v) is 8.43. The number of likely N-dealkylation sites (tertiary alicyclic amines) is 1. The molecule has 0 saturated carbocycles. The van der Waals surface area contributed by atoms with E-state index in [0.29, 0.717) is 71.9 Å². The Bertz CT molecular complexity index is 1270. The first-order chi connectivity index (χ1) is 17.7. The van der Waals surface area contributed by atoms with Gasteiger partial charge in [0.1, 0.15) is 17.4 Å². The molecule has 2 N–H and O–H groups in total. The van der Waals surface area contributed by atoms with Gasteiger partial charge in [-0.15, -0.1) is 11.8 Å². The van der Waals surface area contributed by atoms with E-state index in [4.69, 9.17) is 16.3 Å². The second-order valence-corrected chi connectivity index (χ2v) is 10.9. The van der Waals surface area contributed by atoms with Crippen LogP contribution in [0.3, 0.4) is 0 Å². The molecule has 1 aliphatic rings. The maximum Gasteiger partial charge on any atom is 0.309 e. The molecule has 0 aliphatic carbocycles. The number of benzene rings is 2. The first-order valence-electron chi connectivity index (χ1n) is 12.1. The summed E-state index contributed by atoms with van der Waals surface area (Å²) < 4.78 is 32.5. The molecule has 1 aliphatic heterocycles. The van der Waals surface area contributed by atoms with Crippen molar-refractivity contribution in [2.75, 3.05) is 32.5 Å². The zero-order valence-corrected chi connectivity index (χ0v) is 22.0. The van der Waals surface area contributed by atoms with E-state index in [1.807, 2.05) is 0 Å². The Hall–Kier alpha value is -2.46. The van der Waals surface area contributed by atoms with E-state index in [2.05, 4.69) is 9.88 Å². The third kappa shape index (κ3) is 6.34. The quantitative estimate of drug-likeness (QED) is 0.302. The number of aromatic nitrogens is 1. The molecule has 0 unspecified atom stereocenters. The second-order valence-electron chi connectivity index (χ2n) is 9.31. The number of aliphatic carboxylic acids is 1. The maximum absolute atomic E-state index is 13.8. The van der Waals surface area contributed by atoms with Crippen LogP contribution in [0.15, 0.2) is 47.5 Å². The van der Waals surface area contributed by atoms with E-state index in [-0.39, 0.29) is 11.3 Å². The fraction of sp³-hybridized carbons (Fsp3) is 0.407.